The molecule has 4 heteroatoms. The number of fused-ring (bicyclic) bond motifs is 6. The summed E-state index contributed by atoms with van der Waals surface area (Å²) in [6.45, 7) is 0. The minimum atomic E-state index is 0.699. The minimum Gasteiger partial charge on any atom is -0.456 e. The third kappa shape index (κ3) is 5.47. The molecule has 0 atom stereocenters. The van der Waals surface area contributed by atoms with Crippen molar-refractivity contribution in [2.75, 3.05) is 0 Å². The highest BCUT2D eigenvalue weighted by atomic mass is 16.3. The van der Waals surface area contributed by atoms with Gasteiger partial charge in [0.2, 0.25) is 0 Å². The molecule has 56 heavy (non-hydrogen) atoms. The fourth-order valence-electron chi connectivity index (χ4n) is 8.09. The molecule has 8 aromatic carbocycles. The van der Waals surface area contributed by atoms with E-state index in [-0.39, 0.29) is 0 Å². The average molecular weight is 716 g/mol. The van der Waals surface area contributed by atoms with E-state index in [2.05, 4.69) is 156 Å². The number of benzene rings is 8. The number of para-hydroxylation sites is 2. The Hall–Kier alpha value is -7.56. The zero-order chi connectivity index (χ0) is 37.0. The summed E-state index contributed by atoms with van der Waals surface area (Å²) >= 11 is 0. The molecule has 0 aliphatic carbocycles. The highest BCUT2D eigenvalue weighted by Crippen LogP contribution is 2.38. The van der Waals surface area contributed by atoms with Crippen LogP contribution in [0.5, 0.6) is 0 Å². The zero-order valence-corrected chi connectivity index (χ0v) is 30.3. The molecule has 3 aromatic heterocycles. The van der Waals surface area contributed by atoms with Crippen LogP contribution in [0.2, 0.25) is 0 Å². The van der Waals surface area contributed by atoms with Gasteiger partial charge in [-0.05, 0) is 82.9 Å². The van der Waals surface area contributed by atoms with Crippen LogP contribution in [0.4, 0.5) is 0 Å². The van der Waals surface area contributed by atoms with Crippen LogP contribution in [0.3, 0.4) is 0 Å². The van der Waals surface area contributed by atoms with E-state index in [0.717, 1.165) is 83.5 Å². The summed E-state index contributed by atoms with van der Waals surface area (Å²) in [6, 6.07) is 70.4. The van der Waals surface area contributed by atoms with Gasteiger partial charge in [-0.3, -0.25) is 0 Å². The number of nitrogens with zero attached hydrogens (tertiary/aromatic N) is 3. The van der Waals surface area contributed by atoms with Gasteiger partial charge >= 0.3 is 0 Å². The monoisotopic (exact) mass is 715 g/mol. The van der Waals surface area contributed by atoms with E-state index in [4.69, 9.17) is 14.4 Å². The first kappa shape index (κ1) is 31.9. The summed E-state index contributed by atoms with van der Waals surface area (Å²) in [5.74, 6) is 0.699. The number of hydrogen-bond donors (Lipinski definition) is 0. The van der Waals surface area contributed by atoms with Crippen LogP contribution >= 0.6 is 0 Å². The van der Waals surface area contributed by atoms with Gasteiger partial charge in [0.15, 0.2) is 5.82 Å². The van der Waals surface area contributed by atoms with E-state index in [0.29, 0.717) is 5.82 Å². The first-order valence-corrected chi connectivity index (χ1v) is 18.9. The molecule has 11 aromatic rings. The molecule has 0 N–H and O–H groups in total. The fourth-order valence-corrected chi connectivity index (χ4v) is 8.09. The lowest BCUT2D eigenvalue weighted by Crippen LogP contribution is -1.96. The third-order valence-corrected chi connectivity index (χ3v) is 10.8. The highest BCUT2D eigenvalue weighted by Gasteiger charge is 2.16. The maximum absolute atomic E-state index is 6.13. The second-order valence-corrected chi connectivity index (χ2v) is 14.2. The van der Waals surface area contributed by atoms with Crippen molar-refractivity contribution in [2.24, 2.45) is 0 Å². The summed E-state index contributed by atoms with van der Waals surface area (Å²) < 4.78 is 8.51. The van der Waals surface area contributed by atoms with E-state index in [1.54, 1.807) is 0 Å². The van der Waals surface area contributed by atoms with E-state index in [9.17, 15) is 0 Å². The lowest BCUT2D eigenvalue weighted by molar-refractivity contribution is 0.669. The first-order chi connectivity index (χ1) is 27.7. The molecule has 0 spiro atoms. The van der Waals surface area contributed by atoms with Crippen LogP contribution in [0.1, 0.15) is 0 Å². The summed E-state index contributed by atoms with van der Waals surface area (Å²) in [5, 5.41) is 4.68. The van der Waals surface area contributed by atoms with Gasteiger partial charge in [0.1, 0.15) is 11.2 Å². The van der Waals surface area contributed by atoms with Crippen molar-refractivity contribution in [3.8, 4) is 61.8 Å². The van der Waals surface area contributed by atoms with E-state index in [1.807, 2.05) is 48.5 Å². The second-order valence-electron chi connectivity index (χ2n) is 14.2. The van der Waals surface area contributed by atoms with E-state index < -0.39 is 0 Å². The molecule has 3 heterocycles. The van der Waals surface area contributed by atoms with E-state index in [1.165, 1.54) is 16.3 Å². The summed E-state index contributed by atoms with van der Waals surface area (Å²) in [5.41, 5.74) is 14.7. The van der Waals surface area contributed by atoms with Gasteiger partial charge in [0.05, 0.1) is 22.4 Å². The Kier molecular flexibility index (Phi) is 7.46. The Labute approximate surface area is 323 Å². The maximum atomic E-state index is 6.13. The molecule has 262 valence electrons. The molecule has 0 saturated carbocycles. The predicted octanol–water partition coefficient (Wildman–Crippen LogP) is 13.8. The van der Waals surface area contributed by atoms with Crippen LogP contribution in [0.25, 0.3) is 106 Å². The number of furan rings is 1. The van der Waals surface area contributed by atoms with Crippen molar-refractivity contribution in [1.82, 2.24) is 14.5 Å². The Balaban J connectivity index is 1.01. The normalized spacial score (nSPS) is 11.6. The SMILES string of the molecule is c1ccc(-c2cc(-c3ccccc3)nc(-c3cccc(-c4ccc5c(c4)c4ccccc4n5-c4cccc(-c5ccc6oc7ccccc7c6c5)c4)c3)n2)cc1. The van der Waals surface area contributed by atoms with Crippen LogP contribution in [-0.2, 0) is 0 Å². The van der Waals surface area contributed by atoms with Crippen molar-refractivity contribution in [1.29, 1.82) is 0 Å². The molecule has 0 aliphatic heterocycles. The molecule has 0 amide bonds. The Morgan fingerprint density at radius 1 is 0.321 bits per heavy atom. The van der Waals surface area contributed by atoms with Gasteiger partial charge in [-0.15, -0.1) is 0 Å². The molecular formula is C52H33N3O. The van der Waals surface area contributed by atoms with Crippen molar-refractivity contribution in [2.45, 2.75) is 0 Å². The van der Waals surface area contributed by atoms with Crippen molar-refractivity contribution < 1.29 is 4.42 Å². The Bertz CT molecular complexity index is 3190. The van der Waals surface area contributed by atoms with Crippen molar-refractivity contribution in [3.63, 3.8) is 0 Å². The molecule has 0 radical (unpaired) electrons. The lowest BCUT2D eigenvalue weighted by Gasteiger charge is -2.12. The molecule has 11 rings (SSSR count). The van der Waals surface area contributed by atoms with Crippen LogP contribution < -0.4 is 0 Å². The summed E-state index contributed by atoms with van der Waals surface area (Å²) in [7, 11) is 0. The molecule has 0 saturated heterocycles. The van der Waals surface area contributed by atoms with Gasteiger partial charge in [0.25, 0.3) is 0 Å². The molecule has 0 bridgehead atoms. The largest absolute Gasteiger partial charge is 0.456 e. The van der Waals surface area contributed by atoms with Gasteiger partial charge in [-0.1, -0.05) is 140 Å². The number of aromatic nitrogens is 3. The number of rotatable bonds is 6. The lowest BCUT2D eigenvalue weighted by atomic mass is 10.00. The van der Waals surface area contributed by atoms with Crippen LogP contribution in [-0.4, -0.2) is 14.5 Å². The fraction of sp³-hybridized carbons (Fsp3) is 0. The molecular weight excluding hydrogens is 683 g/mol. The van der Waals surface area contributed by atoms with Gasteiger partial charge < -0.3 is 8.98 Å². The van der Waals surface area contributed by atoms with Gasteiger partial charge in [-0.25, -0.2) is 9.97 Å². The molecule has 4 nitrogen and oxygen atoms in total. The zero-order valence-electron chi connectivity index (χ0n) is 30.3. The Morgan fingerprint density at radius 2 is 0.857 bits per heavy atom. The predicted molar refractivity (Wildman–Crippen MR) is 231 cm³/mol. The smallest absolute Gasteiger partial charge is 0.160 e. The quantitative estimate of drug-likeness (QED) is 0.172. The molecule has 0 unspecified atom stereocenters. The van der Waals surface area contributed by atoms with Crippen molar-refractivity contribution >= 4 is 43.7 Å². The molecule has 0 aliphatic rings. The summed E-state index contributed by atoms with van der Waals surface area (Å²) in [4.78, 5) is 10.2. The van der Waals surface area contributed by atoms with Gasteiger partial charge in [-0.2, -0.15) is 0 Å². The van der Waals surface area contributed by atoms with E-state index >= 15 is 0 Å². The standard InChI is InChI=1S/C52H33N3O/c1-3-13-34(14-4-1)46-33-47(35-15-5-2-6-16-35)54-52(53-46)40-19-11-17-36(29-40)38-25-27-49-44(31-38)42-21-7-9-23-48(42)55(49)41-20-12-18-37(30-41)39-26-28-51-45(32-39)43-22-8-10-24-50(43)56-51/h1-33H. The second kappa shape index (κ2) is 13.1. The Morgan fingerprint density at radius 3 is 1.62 bits per heavy atom. The maximum Gasteiger partial charge on any atom is 0.160 e. The average Bonchev–Trinajstić information content (AvgIpc) is 3.82. The number of hydrogen-bond acceptors (Lipinski definition) is 3. The minimum absolute atomic E-state index is 0.699. The third-order valence-electron chi connectivity index (χ3n) is 10.8. The summed E-state index contributed by atoms with van der Waals surface area (Å²) in [6.07, 6.45) is 0. The van der Waals surface area contributed by atoms with Crippen LogP contribution in [0, 0.1) is 0 Å². The highest BCUT2D eigenvalue weighted by molar-refractivity contribution is 6.11. The van der Waals surface area contributed by atoms with Crippen molar-refractivity contribution in [3.05, 3.63) is 200 Å². The van der Waals surface area contributed by atoms with Gasteiger partial charge in [0, 0.05) is 43.9 Å². The first-order valence-electron chi connectivity index (χ1n) is 18.9. The topological polar surface area (TPSA) is 43.9 Å². The molecule has 0 fully saturated rings. The van der Waals surface area contributed by atoms with Crippen LogP contribution in [0.15, 0.2) is 205 Å².